The van der Waals surface area contributed by atoms with Crippen molar-refractivity contribution < 1.29 is 8.42 Å². The molecular formula is C13H11BrClNO2S. The molecule has 2 aromatic carbocycles. The summed E-state index contributed by atoms with van der Waals surface area (Å²) in [6.45, 7) is 0.156. The minimum Gasteiger partial charge on any atom is -0.207 e. The van der Waals surface area contributed by atoms with Crippen LogP contribution in [0.1, 0.15) is 5.56 Å². The van der Waals surface area contributed by atoms with Crippen molar-refractivity contribution in [3.8, 4) is 0 Å². The Labute approximate surface area is 125 Å². The maximum absolute atomic E-state index is 12.0. The van der Waals surface area contributed by atoms with Crippen molar-refractivity contribution in [2.24, 2.45) is 0 Å². The van der Waals surface area contributed by atoms with E-state index in [4.69, 9.17) is 11.6 Å². The van der Waals surface area contributed by atoms with E-state index in [1.807, 2.05) is 6.07 Å². The van der Waals surface area contributed by atoms with E-state index in [9.17, 15) is 8.42 Å². The quantitative estimate of drug-likeness (QED) is 0.906. The fourth-order valence-electron chi connectivity index (χ4n) is 1.52. The highest BCUT2D eigenvalue weighted by molar-refractivity contribution is 9.10. The van der Waals surface area contributed by atoms with Crippen LogP contribution in [-0.4, -0.2) is 8.42 Å². The molecule has 0 amide bonds. The summed E-state index contributed by atoms with van der Waals surface area (Å²) in [6, 6.07) is 13.6. The molecule has 2 rings (SSSR count). The number of hydrogen-bond acceptors (Lipinski definition) is 2. The van der Waals surface area contributed by atoms with Gasteiger partial charge in [-0.3, -0.25) is 0 Å². The highest BCUT2D eigenvalue weighted by Gasteiger charge is 2.13. The molecule has 0 saturated carbocycles. The van der Waals surface area contributed by atoms with E-state index in [0.717, 1.165) is 10.0 Å². The second kappa shape index (κ2) is 6.05. The summed E-state index contributed by atoms with van der Waals surface area (Å²) in [6.07, 6.45) is 0. The topological polar surface area (TPSA) is 46.2 Å². The highest BCUT2D eigenvalue weighted by Crippen LogP contribution is 2.21. The van der Waals surface area contributed by atoms with E-state index >= 15 is 0 Å². The molecule has 0 aromatic heterocycles. The molecule has 2 aromatic rings. The Morgan fingerprint density at radius 3 is 2.42 bits per heavy atom. The number of hydrogen-bond donors (Lipinski definition) is 1. The van der Waals surface area contributed by atoms with Gasteiger partial charge in [-0.05, 0) is 29.8 Å². The normalized spacial score (nSPS) is 11.5. The third kappa shape index (κ3) is 3.79. The lowest BCUT2D eigenvalue weighted by molar-refractivity contribution is 0.581. The number of nitrogens with one attached hydrogen (secondary N) is 1. The monoisotopic (exact) mass is 359 g/mol. The van der Waals surface area contributed by atoms with Crippen molar-refractivity contribution in [3.05, 3.63) is 63.6 Å². The second-order valence-electron chi connectivity index (χ2n) is 3.87. The van der Waals surface area contributed by atoms with Crippen molar-refractivity contribution in [1.29, 1.82) is 0 Å². The van der Waals surface area contributed by atoms with Gasteiger partial charge < -0.3 is 0 Å². The van der Waals surface area contributed by atoms with Gasteiger partial charge in [-0.1, -0.05) is 51.8 Å². The molecule has 0 unspecified atom stereocenters. The van der Waals surface area contributed by atoms with E-state index in [2.05, 4.69) is 20.7 Å². The van der Waals surface area contributed by atoms with Crippen molar-refractivity contribution >= 4 is 37.6 Å². The summed E-state index contributed by atoms with van der Waals surface area (Å²) < 4.78 is 27.4. The van der Waals surface area contributed by atoms with Gasteiger partial charge in [-0.25, -0.2) is 13.1 Å². The molecule has 0 saturated heterocycles. The zero-order chi connectivity index (χ0) is 13.9. The summed E-state index contributed by atoms with van der Waals surface area (Å²) in [4.78, 5) is 0.239. The Bertz CT molecular complexity index is 674. The number of halogens is 2. The van der Waals surface area contributed by atoms with Crippen LogP contribution in [0.5, 0.6) is 0 Å². The van der Waals surface area contributed by atoms with Crippen LogP contribution in [0.2, 0.25) is 5.02 Å². The second-order valence-corrected chi connectivity index (χ2v) is 6.96. The maximum Gasteiger partial charge on any atom is 0.240 e. The van der Waals surface area contributed by atoms with Crippen molar-refractivity contribution in [3.63, 3.8) is 0 Å². The zero-order valence-electron chi connectivity index (χ0n) is 9.81. The lowest BCUT2D eigenvalue weighted by Gasteiger charge is -2.08. The van der Waals surface area contributed by atoms with Gasteiger partial charge in [0.25, 0.3) is 0 Å². The molecule has 0 spiro atoms. The Balaban J connectivity index is 2.14. The number of rotatable bonds is 4. The van der Waals surface area contributed by atoms with Crippen LogP contribution in [0.15, 0.2) is 57.9 Å². The molecule has 0 aliphatic carbocycles. The summed E-state index contributed by atoms with van der Waals surface area (Å²) in [7, 11) is -3.51. The van der Waals surface area contributed by atoms with Gasteiger partial charge in [-0.2, -0.15) is 0 Å². The van der Waals surface area contributed by atoms with Crippen LogP contribution in [0.3, 0.4) is 0 Å². The van der Waals surface area contributed by atoms with Crippen LogP contribution in [0.4, 0.5) is 0 Å². The van der Waals surface area contributed by atoms with E-state index in [1.54, 1.807) is 42.5 Å². The summed E-state index contributed by atoms with van der Waals surface area (Å²) in [5, 5.41) is 0.519. The van der Waals surface area contributed by atoms with Gasteiger partial charge in [0.2, 0.25) is 10.0 Å². The van der Waals surface area contributed by atoms with Crippen molar-refractivity contribution in [2.45, 2.75) is 11.4 Å². The highest BCUT2D eigenvalue weighted by atomic mass is 79.9. The Kier molecular flexibility index (Phi) is 4.62. The van der Waals surface area contributed by atoms with E-state index in [-0.39, 0.29) is 11.4 Å². The Hall–Kier alpha value is -0.880. The van der Waals surface area contributed by atoms with Crippen LogP contribution in [-0.2, 0) is 16.6 Å². The largest absolute Gasteiger partial charge is 0.240 e. The summed E-state index contributed by atoms with van der Waals surface area (Å²) in [5.74, 6) is 0. The molecule has 0 fully saturated rings. The molecular weight excluding hydrogens is 350 g/mol. The smallest absolute Gasteiger partial charge is 0.207 e. The average Bonchev–Trinajstić information content (AvgIpc) is 2.39. The van der Waals surface area contributed by atoms with E-state index < -0.39 is 10.0 Å². The molecule has 0 bridgehead atoms. The Morgan fingerprint density at radius 1 is 1.11 bits per heavy atom. The zero-order valence-corrected chi connectivity index (χ0v) is 13.0. The predicted octanol–water partition coefficient (Wildman–Crippen LogP) is 3.58. The van der Waals surface area contributed by atoms with Gasteiger partial charge in [-0.15, -0.1) is 0 Å². The van der Waals surface area contributed by atoms with Gasteiger partial charge in [0.15, 0.2) is 0 Å². The van der Waals surface area contributed by atoms with Gasteiger partial charge in [0, 0.05) is 16.0 Å². The average molecular weight is 361 g/mol. The summed E-state index contributed by atoms with van der Waals surface area (Å²) >= 11 is 9.34. The maximum atomic E-state index is 12.0. The Morgan fingerprint density at radius 2 is 1.79 bits per heavy atom. The molecule has 3 nitrogen and oxygen atoms in total. The standard InChI is InChI=1S/C13H11BrClNO2S/c14-11-7-6-10(13(15)8-11)9-16-19(17,18)12-4-2-1-3-5-12/h1-8,16H,9H2. The molecule has 0 aliphatic rings. The minimum absolute atomic E-state index is 0.156. The fraction of sp³-hybridized carbons (Fsp3) is 0.0769. The van der Waals surface area contributed by atoms with Crippen LogP contribution >= 0.6 is 27.5 Å². The van der Waals surface area contributed by atoms with Gasteiger partial charge in [0.1, 0.15) is 0 Å². The first-order valence-corrected chi connectivity index (χ1v) is 8.13. The first-order valence-electron chi connectivity index (χ1n) is 5.48. The lowest BCUT2D eigenvalue weighted by Crippen LogP contribution is -2.23. The van der Waals surface area contributed by atoms with Crippen LogP contribution in [0, 0.1) is 0 Å². The van der Waals surface area contributed by atoms with E-state index in [0.29, 0.717) is 5.02 Å². The third-order valence-corrected chi connectivity index (χ3v) is 4.78. The van der Waals surface area contributed by atoms with Crippen LogP contribution in [0.25, 0.3) is 0 Å². The third-order valence-electron chi connectivity index (χ3n) is 2.52. The first-order chi connectivity index (χ1) is 8.99. The molecule has 0 radical (unpaired) electrons. The first kappa shape index (κ1) is 14.5. The number of sulfonamides is 1. The molecule has 19 heavy (non-hydrogen) atoms. The fourth-order valence-corrected chi connectivity index (χ4v) is 3.29. The van der Waals surface area contributed by atoms with E-state index in [1.165, 1.54) is 0 Å². The summed E-state index contributed by atoms with van der Waals surface area (Å²) in [5.41, 5.74) is 0.726. The molecule has 100 valence electrons. The molecule has 0 aliphatic heterocycles. The van der Waals surface area contributed by atoms with Crippen molar-refractivity contribution in [2.75, 3.05) is 0 Å². The lowest BCUT2D eigenvalue weighted by atomic mass is 10.2. The predicted molar refractivity (Wildman–Crippen MR) is 79.6 cm³/mol. The molecule has 0 heterocycles. The SMILES string of the molecule is O=S(=O)(NCc1ccc(Br)cc1Cl)c1ccccc1. The molecule has 0 atom stereocenters. The molecule has 6 heteroatoms. The van der Waals surface area contributed by atoms with Gasteiger partial charge >= 0.3 is 0 Å². The molecule has 1 N–H and O–H groups in total. The van der Waals surface area contributed by atoms with Crippen molar-refractivity contribution in [1.82, 2.24) is 4.72 Å². The van der Waals surface area contributed by atoms with Crippen LogP contribution < -0.4 is 4.72 Å². The number of benzene rings is 2. The van der Waals surface area contributed by atoms with Gasteiger partial charge in [0.05, 0.1) is 4.90 Å². The minimum atomic E-state index is -3.51.